The number of primary amides is 1. The van der Waals surface area contributed by atoms with E-state index in [2.05, 4.69) is 10.6 Å². The Kier molecular flexibility index (Phi) is 6.71. The van der Waals surface area contributed by atoms with Crippen LogP contribution < -0.4 is 26.6 Å². The van der Waals surface area contributed by atoms with E-state index in [1.807, 2.05) is 0 Å². The Labute approximate surface area is 212 Å². The van der Waals surface area contributed by atoms with Crippen molar-refractivity contribution in [1.82, 2.24) is 9.29 Å². The number of hydrogen-bond donors (Lipinski definition) is 4. The van der Waals surface area contributed by atoms with Gasteiger partial charge in [0, 0.05) is 35.4 Å². The molecule has 0 unspecified atom stereocenters. The topological polar surface area (TPSA) is 152 Å². The number of halogens is 2. The van der Waals surface area contributed by atoms with Gasteiger partial charge in [0.1, 0.15) is 10.0 Å². The molecule has 4 aromatic rings. The van der Waals surface area contributed by atoms with Gasteiger partial charge < -0.3 is 16.4 Å². The fourth-order valence-corrected chi connectivity index (χ4v) is 5.81. The van der Waals surface area contributed by atoms with E-state index in [1.165, 1.54) is 30.3 Å². The largest absolute Gasteiger partial charge is 0.388 e. The normalized spacial score (nSPS) is 11.3. The second kappa shape index (κ2) is 9.60. The number of fused-ring (bicyclic) bond motifs is 1. The first kappa shape index (κ1) is 25.2. The zero-order valence-electron chi connectivity index (χ0n) is 18.3. The number of anilines is 2. The number of urea groups is 1. The summed E-state index contributed by atoms with van der Waals surface area (Å²) in [6.07, 6.45) is 1.14. The Bertz CT molecular complexity index is 1700. The highest BCUT2D eigenvalue weighted by molar-refractivity contribution is 7.92. The number of nitrogens with one attached hydrogen (secondary N) is 3. The summed E-state index contributed by atoms with van der Waals surface area (Å²) in [5.74, 6) is -1.74. The van der Waals surface area contributed by atoms with Gasteiger partial charge in [-0.05, 0) is 48.5 Å². The maximum Gasteiger partial charge on any atom is 0.333 e. The number of nitrogens with zero attached hydrogens (tertiary/aromatic N) is 1. The summed E-state index contributed by atoms with van der Waals surface area (Å²) in [6.45, 7) is 0. The highest BCUT2D eigenvalue weighted by atomic mass is 35.5. The SMILES string of the molecule is CNc1ccc2c(=O)n(-c3ccc(NC(=O)NS(=O)(=O)c4ccc(Cl)s4)cc3F)cc(C(N)=O)c2c1. The van der Waals surface area contributed by atoms with Crippen molar-refractivity contribution in [3.63, 3.8) is 0 Å². The van der Waals surface area contributed by atoms with Crippen LogP contribution >= 0.6 is 22.9 Å². The van der Waals surface area contributed by atoms with Gasteiger partial charge in [-0.3, -0.25) is 14.2 Å². The molecular weight excluding hydrogens is 533 g/mol. The highest BCUT2D eigenvalue weighted by Crippen LogP contribution is 2.26. The average Bonchev–Trinajstić information content (AvgIpc) is 3.26. The summed E-state index contributed by atoms with van der Waals surface area (Å²) < 4.78 is 42.3. The highest BCUT2D eigenvalue weighted by Gasteiger charge is 2.21. The van der Waals surface area contributed by atoms with Crippen molar-refractivity contribution in [2.24, 2.45) is 5.73 Å². The molecule has 4 rings (SSSR count). The van der Waals surface area contributed by atoms with Crippen LogP contribution in [0.2, 0.25) is 4.34 Å². The van der Waals surface area contributed by atoms with Gasteiger partial charge in [-0.1, -0.05) is 11.6 Å². The van der Waals surface area contributed by atoms with Gasteiger partial charge in [-0.25, -0.2) is 22.3 Å². The molecule has 2 aromatic carbocycles. The number of carbonyl (C=O) groups is 2. The third kappa shape index (κ3) is 4.89. The van der Waals surface area contributed by atoms with Gasteiger partial charge in [0.2, 0.25) is 0 Å². The third-order valence-electron chi connectivity index (χ3n) is 5.08. The van der Waals surface area contributed by atoms with Crippen LogP contribution in [-0.2, 0) is 10.0 Å². The number of amides is 3. The Morgan fingerprint density at radius 2 is 1.78 bits per heavy atom. The molecule has 0 saturated carbocycles. The summed E-state index contributed by atoms with van der Waals surface area (Å²) in [5, 5.41) is 5.57. The van der Waals surface area contributed by atoms with Gasteiger partial charge in [0.25, 0.3) is 21.5 Å². The van der Waals surface area contributed by atoms with Gasteiger partial charge in [-0.2, -0.15) is 0 Å². The maximum absolute atomic E-state index is 15.0. The number of hydrogen-bond acceptors (Lipinski definition) is 7. The Morgan fingerprint density at radius 3 is 2.39 bits per heavy atom. The summed E-state index contributed by atoms with van der Waals surface area (Å²) in [7, 11) is -2.51. The molecule has 0 bridgehead atoms. The van der Waals surface area contributed by atoms with E-state index in [1.54, 1.807) is 23.9 Å². The van der Waals surface area contributed by atoms with E-state index in [0.717, 1.165) is 28.2 Å². The lowest BCUT2D eigenvalue weighted by Crippen LogP contribution is -2.34. The Morgan fingerprint density at radius 1 is 1.06 bits per heavy atom. The number of aromatic nitrogens is 1. The number of rotatable bonds is 6. The van der Waals surface area contributed by atoms with E-state index in [9.17, 15) is 22.8 Å². The minimum atomic E-state index is -4.18. The minimum absolute atomic E-state index is 0.00145. The molecule has 0 aliphatic rings. The van der Waals surface area contributed by atoms with Crippen LogP contribution in [0.1, 0.15) is 10.4 Å². The van der Waals surface area contributed by atoms with Crippen molar-refractivity contribution in [3.05, 3.63) is 80.8 Å². The standard InChI is InChI=1S/C22H17ClFN5O5S2/c1-26-11-2-4-13-14(8-11)15(20(25)30)10-29(21(13)31)17-5-3-12(9-16(17)24)27-22(32)28-36(33,34)19-7-6-18(23)35-19/h2-10,26H,1H3,(H2,25,30)(H2,27,28,32). The fourth-order valence-electron chi connectivity index (χ4n) is 3.42. The van der Waals surface area contributed by atoms with Crippen LogP contribution in [0.3, 0.4) is 0 Å². The van der Waals surface area contributed by atoms with E-state index < -0.39 is 33.3 Å². The Balaban J connectivity index is 1.66. The van der Waals surface area contributed by atoms with Crippen LogP contribution in [0.5, 0.6) is 0 Å². The average molecular weight is 550 g/mol. The summed E-state index contributed by atoms with van der Waals surface area (Å²) >= 11 is 6.49. The maximum atomic E-state index is 15.0. The van der Waals surface area contributed by atoms with Gasteiger partial charge in [0.15, 0.2) is 0 Å². The molecule has 0 saturated heterocycles. The predicted molar refractivity (Wildman–Crippen MR) is 136 cm³/mol. The van der Waals surface area contributed by atoms with Crippen molar-refractivity contribution in [2.45, 2.75) is 4.21 Å². The van der Waals surface area contributed by atoms with Crippen LogP contribution in [-0.4, -0.2) is 32.0 Å². The molecule has 10 nitrogen and oxygen atoms in total. The molecule has 5 N–H and O–H groups in total. The molecule has 0 spiro atoms. The monoisotopic (exact) mass is 549 g/mol. The lowest BCUT2D eigenvalue weighted by molar-refractivity contribution is 0.100. The lowest BCUT2D eigenvalue weighted by Gasteiger charge is -2.14. The van der Waals surface area contributed by atoms with E-state index in [-0.39, 0.29) is 30.9 Å². The molecule has 3 amide bonds. The van der Waals surface area contributed by atoms with E-state index in [4.69, 9.17) is 17.3 Å². The second-order valence-electron chi connectivity index (χ2n) is 7.38. The number of sulfonamides is 1. The molecule has 36 heavy (non-hydrogen) atoms. The van der Waals surface area contributed by atoms with Crippen LogP contribution in [0.25, 0.3) is 16.5 Å². The lowest BCUT2D eigenvalue weighted by atomic mass is 10.1. The first-order chi connectivity index (χ1) is 17.0. The third-order valence-corrected chi connectivity index (χ3v) is 8.13. The van der Waals surface area contributed by atoms with Crippen LogP contribution in [0, 0.1) is 5.82 Å². The number of benzene rings is 2. The molecule has 2 heterocycles. The predicted octanol–water partition coefficient (Wildman–Crippen LogP) is 3.50. The number of carbonyl (C=O) groups excluding carboxylic acids is 2. The summed E-state index contributed by atoms with van der Waals surface area (Å²) in [4.78, 5) is 37.3. The quantitative estimate of drug-likeness (QED) is 0.289. The number of nitrogens with two attached hydrogens (primary N) is 1. The van der Waals surface area contributed by atoms with Gasteiger partial charge in [0.05, 0.1) is 15.6 Å². The molecule has 0 fully saturated rings. The molecular formula is C22H17ClFN5O5S2. The number of pyridine rings is 1. The van der Waals surface area contributed by atoms with Crippen molar-refractivity contribution in [2.75, 3.05) is 17.7 Å². The molecule has 2 aromatic heterocycles. The Hall–Kier alpha value is -3.94. The molecule has 0 atom stereocenters. The first-order valence-electron chi connectivity index (χ1n) is 10.1. The van der Waals surface area contributed by atoms with E-state index in [0.29, 0.717) is 11.1 Å². The van der Waals surface area contributed by atoms with Crippen molar-refractivity contribution in [1.29, 1.82) is 0 Å². The van der Waals surface area contributed by atoms with Crippen molar-refractivity contribution >= 4 is 67.0 Å². The molecule has 0 aliphatic carbocycles. The molecule has 0 radical (unpaired) electrons. The van der Waals surface area contributed by atoms with Crippen molar-refractivity contribution < 1.29 is 22.4 Å². The molecule has 0 aliphatic heterocycles. The minimum Gasteiger partial charge on any atom is -0.388 e. The first-order valence-corrected chi connectivity index (χ1v) is 12.7. The van der Waals surface area contributed by atoms with Gasteiger partial charge >= 0.3 is 6.03 Å². The zero-order chi connectivity index (χ0) is 26.2. The molecule has 14 heteroatoms. The summed E-state index contributed by atoms with van der Waals surface area (Å²) in [6, 6.07) is 9.52. The van der Waals surface area contributed by atoms with Crippen molar-refractivity contribution in [3.8, 4) is 5.69 Å². The van der Waals surface area contributed by atoms with Crippen LogP contribution in [0.4, 0.5) is 20.6 Å². The smallest absolute Gasteiger partial charge is 0.333 e. The number of thiophene rings is 1. The van der Waals surface area contributed by atoms with Crippen LogP contribution in [0.15, 0.2) is 63.7 Å². The second-order valence-corrected chi connectivity index (χ2v) is 11.0. The fraction of sp³-hybridized carbons (Fsp3) is 0.0455. The zero-order valence-corrected chi connectivity index (χ0v) is 20.7. The van der Waals surface area contributed by atoms with Gasteiger partial charge in [-0.15, -0.1) is 11.3 Å². The summed E-state index contributed by atoms with van der Waals surface area (Å²) in [5.41, 5.74) is 5.24. The molecule has 186 valence electrons. The van der Waals surface area contributed by atoms with E-state index >= 15 is 4.39 Å².